The lowest BCUT2D eigenvalue weighted by molar-refractivity contribution is 0.277. The van der Waals surface area contributed by atoms with Gasteiger partial charge in [-0.2, -0.15) is 0 Å². The number of hydrogen-bond acceptors (Lipinski definition) is 3. The van der Waals surface area contributed by atoms with Gasteiger partial charge in [-0.15, -0.1) is 0 Å². The molecule has 1 saturated heterocycles. The number of unbranched alkanes of at least 4 members (excludes halogenated alkanes) is 1. The number of aromatic nitrogens is 1. The summed E-state index contributed by atoms with van der Waals surface area (Å²) in [5, 5.41) is 3.30. The lowest BCUT2D eigenvalue weighted by Crippen LogP contribution is -2.42. The number of guanidine groups is 1. The predicted octanol–water partition coefficient (Wildman–Crippen LogP) is 2.32. The standard InChI is InChI=1S/C16H27N5/c1-14-7-12-21(13-8-14)16(17)20-11-5-4-10-19-15-6-2-3-9-18-15/h2-3,6,9,14H,4-5,7-8,10-13H2,1H3,(H2,17,20)(H,18,19). The van der Waals surface area contributed by atoms with Gasteiger partial charge in [0.2, 0.25) is 0 Å². The van der Waals surface area contributed by atoms with Gasteiger partial charge < -0.3 is 16.0 Å². The van der Waals surface area contributed by atoms with Gasteiger partial charge in [0.1, 0.15) is 5.82 Å². The average molecular weight is 289 g/mol. The van der Waals surface area contributed by atoms with E-state index in [1.54, 1.807) is 6.20 Å². The summed E-state index contributed by atoms with van der Waals surface area (Å²) in [7, 11) is 0. The molecule has 0 amide bonds. The van der Waals surface area contributed by atoms with E-state index in [4.69, 9.17) is 5.73 Å². The van der Waals surface area contributed by atoms with Crippen LogP contribution in [0.5, 0.6) is 0 Å². The summed E-state index contributed by atoms with van der Waals surface area (Å²) in [6.45, 7) is 6.14. The van der Waals surface area contributed by atoms with Crippen molar-refractivity contribution in [2.45, 2.75) is 32.6 Å². The summed E-state index contributed by atoms with van der Waals surface area (Å²) in [5.41, 5.74) is 6.05. The maximum absolute atomic E-state index is 6.05. The molecule has 0 saturated carbocycles. The van der Waals surface area contributed by atoms with E-state index in [2.05, 4.69) is 27.1 Å². The average Bonchev–Trinajstić information content (AvgIpc) is 2.52. The monoisotopic (exact) mass is 289 g/mol. The van der Waals surface area contributed by atoms with Crippen LogP contribution in [0.1, 0.15) is 32.6 Å². The van der Waals surface area contributed by atoms with Gasteiger partial charge >= 0.3 is 0 Å². The third-order valence-electron chi connectivity index (χ3n) is 3.94. The number of rotatable bonds is 6. The van der Waals surface area contributed by atoms with Crippen LogP contribution in [0.15, 0.2) is 29.4 Å². The quantitative estimate of drug-likeness (QED) is 0.479. The van der Waals surface area contributed by atoms with Crippen molar-refractivity contribution in [2.75, 3.05) is 31.5 Å². The van der Waals surface area contributed by atoms with Crippen LogP contribution in [0.25, 0.3) is 0 Å². The Morgan fingerprint density at radius 1 is 1.38 bits per heavy atom. The highest BCUT2D eigenvalue weighted by atomic mass is 15.3. The molecule has 2 heterocycles. The van der Waals surface area contributed by atoms with E-state index < -0.39 is 0 Å². The van der Waals surface area contributed by atoms with E-state index in [-0.39, 0.29) is 0 Å². The molecule has 0 radical (unpaired) electrons. The molecule has 1 fully saturated rings. The minimum atomic E-state index is 0.722. The van der Waals surface area contributed by atoms with E-state index >= 15 is 0 Å². The zero-order valence-electron chi connectivity index (χ0n) is 13.0. The third-order valence-corrected chi connectivity index (χ3v) is 3.94. The van der Waals surface area contributed by atoms with Crippen molar-refractivity contribution in [2.24, 2.45) is 16.6 Å². The fraction of sp³-hybridized carbons (Fsp3) is 0.625. The van der Waals surface area contributed by atoms with Crippen LogP contribution in [0, 0.1) is 5.92 Å². The molecule has 0 aromatic carbocycles. The molecule has 1 aromatic rings. The van der Waals surface area contributed by atoms with Crippen LogP contribution in [0.2, 0.25) is 0 Å². The Bertz CT molecular complexity index is 424. The Labute approximate surface area is 127 Å². The predicted molar refractivity (Wildman–Crippen MR) is 88.4 cm³/mol. The van der Waals surface area contributed by atoms with E-state index in [1.165, 1.54) is 12.8 Å². The lowest BCUT2D eigenvalue weighted by atomic mass is 10.00. The molecular weight excluding hydrogens is 262 g/mol. The van der Waals surface area contributed by atoms with E-state index in [1.807, 2.05) is 18.2 Å². The summed E-state index contributed by atoms with van der Waals surface area (Å²) in [5.74, 6) is 2.48. The minimum absolute atomic E-state index is 0.722. The smallest absolute Gasteiger partial charge is 0.191 e. The molecule has 5 heteroatoms. The van der Waals surface area contributed by atoms with Gasteiger partial charge in [0.05, 0.1) is 0 Å². The molecule has 1 aromatic heterocycles. The van der Waals surface area contributed by atoms with Crippen molar-refractivity contribution >= 4 is 11.8 Å². The number of nitrogens with zero attached hydrogens (tertiary/aromatic N) is 3. The van der Waals surface area contributed by atoms with Gasteiger partial charge in [-0.3, -0.25) is 4.99 Å². The summed E-state index contributed by atoms with van der Waals surface area (Å²) >= 11 is 0. The van der Waals surface area contributed by atoms with Crippen LogP contribution in [0.4, 0.5) is 5.82 Å². The van der Waals surface area contributed by atoms with E-state index in [0.29, 0.717) is 0 Å². The van der Waals surface area contributed by atoms with Crippen molar-refractivity contribution in [3.63, 3.8) is 0 Å². The largest absolute Gasteiger partial charge is 0.370 e. The second-order valence-electron chi connectivity index (χ2n) is 5.76. The molecule has 1 aliphatic rings. The highest BCUT2D eigenvalue weighted by Crippen LogP contribution is 2.15. The Hall–Kier alpha value is -1.78. The maximum Gasteiger partial charge on any atom is 0.191 e. The Morgan fingerprint density at radius 3 is 2.90 bits per heavy atom. The number of pyridine rings is 1. The number of anilines is 1. The first-order valence-electron chi connectivity index (χ1n) is 7.95. The van der Waals surface area contributed by atoms with Crippen LogP contribution in [-0.4, -0.2) is 42.0 Å². The maximum atomic E-state index is 6.05. The number of aliphatic imine (C=N–C) groups is 1. The van der Waals surface area contributed by atoms with Gasteiger partial charge in [-0.1, -0.05) is 13.0 Å². The first-order chi connectivity index (χ1) is 10.3. The number of nitrogens with one attached hydrogen (secondary N) is 1. The fourth-order valence-electron chi connectivity index (χ4n) is 2.45. The first kappa shape index (κ1) is 15.6. The van der Waals surface area contributed by atoms with Crippen molar-refractivity contribution in [3.05, 3.63) is 24.4 Å². The van der Waals surface area contributed by atoms with Crippen molar-refractivity contribution in [1.29, 1.82) is 0 Å². The highest BCUT2D eigenvalue weighted by molar-refractivity contribution is 5.78. The van der Waals surface area contributed by atoms with E-state index in [0.717, 1.165) is 56.7 Å². The summed E-state index contributed by atoms with van der Waals surface area (Å²) in [6, 6.07) is 5.89. The molecule has 21 heavy (non-hydrogen) atoms. The fourth-order valence-corrected chi connectivity index (χ4v) is 2.45. The molecule has 2 rings (SSSR count). The van der Waals surface area contributed by atoms with Gasteiger partial charge in [-0.05, 0) is 43.7 Å². The summed E-state index contributed by atoms with van der Waals surface area (Å²) in [6.07, 6.45) is 6.37. The zero-order valence-corrected chi connectivity index (χ0v) is 13.0. The molecule has 1 aliphatic heterocycles. The lowest BCUT2D eigenvalue weighted by Gasteiger charge is -2.31. The van der Waals surface area contributed by atoms with Crippen molar-refractivity contribution < 1.29 is 0 Å². The van der Waals surface area contributed by atoms with E-state index in [9.17, 15) is 0 Å². The van der Waals surface area contributed by atoms with Crippen LogP contribution in [0.3, 0.4) is 0 Å². The summed E-state index contributed by atoms with van der Waals surface area (Å²) in [4.78, 5) is 10.9. The molecule has 0 aliphatic carbocycles. The summed E-state index contributed by atoms with van der Waals surface area (Å²) < 4.78 is 0. The normalized spacial score (nSPS) is 17.0. The second-order valence-corrected chi connectivity index (χ2v) is 5.76. The molecular formula is C16H27N5. The van der Waals surface area contributed by atoms with Crippen molar-refractivity contribution in [3.8, 4) is 0 Å². The van der Waals surface area contributed by atoms with Crippen LogP contribution >= 0.6 is 0 Å². The minimum Gasteiger partial charge on any atom is -0.370 e. The number of hydrogen-bond donors (Lipinski definition) is 2. The molecule has 116 valence electrons. The SMILES string of the molecule is CC1CCN(C(N)=NCCCCNc2ccccn2)CC1. The zero-order chi connectivity index (χ0) is 14.9. The Balaban J connectivity index is 1.57. The molecule has 5 nitrogen and oxygen atoms in total. The molecule has 0 spiro atoms. The van der Waals surface area contributed by atoms with Crippen molar-refractivity contribution in [1.82, 2.24) is 9.88 Å². The topological polar surface area (TPSA) is 66.5 Å². The van der Waals surface area contributed by atoms with Gasteiger partial charge in [0.15, 0.2) is 5.96 Å². The van der Waals surface area contributed by atoms with Gasteiger partial charge in [0, 0.05) is 32.4 Å². The highest BCUT2D eigenvalue weighted by Gasteiger charge is 2.16. The number of likely N-dealkylation sites (tertiary alicyclic amines) is 1. The third kappa shape index (κ3) is 5.61. The van der Waals surface area contributed by atoms with Gasteiger partial charge in [-0.25, -0.2) is 4.98 Å². The Kier molecular flexibility index (Phi) is 6.31. The van der Waals surface area contributed by atoms with Crippen LogP contribution < -0.4 is 11.1 Å². The molecule has 0 bridgehead atoms. The molecule has 3 N–H and O–H groups in total. The first-order valence-corrected chi connectivity index (χ1v) is 7.95. The molecule has 0 atom stereocenters. The number of piperidine rings is 1. The number of nitrogens with two attached hydrogens (primary N) is 1. The Morgan fingerprint density at radius 2 is 2.19 bits per heavy atom. The van der Waals surface area contributed by atoms with Gasteiger partial charge in [0.25, 0.3) is 0 Å². The second kappa shape index (κ2) is 8.49. The molecule has 0 unspecified atom stereocenters. The van der Waals surface area contributed by atoms with Crippen LogP contribution in [-0.2, 0) is 0 Å².